The molecule has 4 nitrogen and oxygen atoms in total. The van der Waals surface area contributed by atoms with Crippen molar-refractivity contribution in [2.45, 2.75) is 31.0 Å². The molecule has 0 aliphatic carbocycles. The summed E-state index contributed by atoms with van der Waals surface area (Å²) in [6.07, 6.45) is 2.96. The van der Waals surface area contributed by atoms with E-state index in [-0.39, 0.29) is 11.7 Å². The topological polar surface area (TPSA) is 36.9 Å². The van der Waals surface area contributed by atoms with Gasteiger partial charge in [0.15, 0.2) is 0 Å². The lowest BCUT2D eigenvalue weighted by Gasteiger charge is -2.37. The van der Waals surface area contributed by atoms with Crippen LogP contribution in [0.25, 0.3) is 0 Å². The normalized spacial score (nSPS) is 29.6. The van der Waals surface area contributed by atoms with Gasteiger partial charge in [0, 0.05) is 25.9 Å². The largest absolute Gasteiger partial charge is 0.497 e. The van der Waals surface area contributed by atoms with Gasteiger partial charge in [-0.25, -0.2) is 0 Å². The number of hydrogen-bond donors (Lipinski definition) is 0. The van der Waals surface area contributed by atoms with Crippen molar-refractivity contribution in [2.75, 3.05) is 26.9 Å². The summed E-state index contributed by atoms with van der Waals surface area (Å²) in [6, 6.07) is 5.77. The monoisotopic (exact) mass is 342 g/mol. The van der Waals surface area contributed by atoms with Gasteiger partial charge in [-0.05, 0) is 34.1 Å². The Balaban J connectivity index is 1.68. The molecule has 3 rings (SSSR count). The summed E-state index contributed by atoms with van der Waals surface area (Å²) in [5, 5.41) is 0. The highest BCUT2D eigenvalue weighted by atomic mass is 79.9. The zero-order chi connectivity index (χ0) is 14.0. The van der Waals surface area contributed by atoms with E-state index in [2.05, 4.69) is 15.9 Å². The first kappa shape index (κ1) is 14.2. The van der Waals surface area contributed by atoms with Gasteiger partial charge >= 0.3 is 0 Å². The van der Waals surface area contributed by atoms with Crippen LogP contribution in [-0.2, 0) is 9.47 Å². The Morgan fingerprint density at radius 1 is 1.35 bits per heavy atom. The van der Waals surface area contributed by atoms with Crippen LogP contribution in [0.15, 0.2) is 22.7 Å². The van der Waals surface area contributed by atoms with Gasteiger partial charge in [0.1, 0.15) is 17.6 Å². The Bertz CT molecular complexity index is 471. The Kier molecular flexibility index (Phi) is 4.19. The lowest BCUT2D eigenvalue weighted by atomic mass is 9.91. The Morgan fingerprint density at radius 2 is 2.25 bits per heavy atom. The number of methoxy groups -OCH3 is 1. The zero-order valence-corrected chi connectivity index (χ0v) is 13.1. The van der Waals surface area contributed by atoms with Gasteiger partial charge in [-0.2, -0.15) is 0 Å². The van der Waals surface area contributed by atoms with Crippen LogP contribution in [0, 0.1) is 0 Å². The molecule has 2 unspecified atom stereocenters. The molecule has 2 fully saturated rings. The molecule has 1 spiro atoms. The lowest BCUT2D eigenvalue weighted by Crippen LogP contribution is -2.44. The molecule has 0 bridgehead atoms. The highest BCUT2D eigenvalue weighted by Crippen LogP contribution is 2.36. The molecule has 2 saturated heterocycles. The quantitative estimate of drug-likeness (QED) is 0.845. The molecule has 0 saturated carbocycles. The number of benzene rings is 1. The van der Waals surface area contributed by atoms with Crippen LogP contribution >= 0.6 is 15.9 Å². The lowest BCUT2D eigenvalue weighted by molar-refractivity contribution is -0.112. The molecule has 2 aliphatic rings. The fourth-order valence-corrected chi connectivity index (χ4v) is 3.28. The molecule has 2 heterocycles. The van der Waals surface area contributed by atoms with Crippen LogP contribution in [0.5, 0.6) is 11.5 Å². The number of rotatable bonds is 3. The molecule has 5 heteroatoms. The van der Waals surface area contributed by atoms with E-state index >= 15 is 0 Å². The predicted molar refractivity (Wildman–Crippen MR) is 78.5 cm³/mol. The molecule has 0 aromatic heterocycles. The fraction of sp³-hybridized carbons (Fsp3) is 0.600. The van der Waals surface area contributed by atoms with Crippen molar-refractivity contribution in [1.82, 2.24) is 0 Å². The summed E-state index contributed by atoms with van der Waals surface area (Å²) in [5.74, 6) is 1.67. The maximum Gasteiger partial charge on any atom is 0.134 e. The van der Waals surface area contributed by atoms with Crippen molar-refractivity contribution in [3.05, 3.63) is 22.7 Å². The summed E-state index contributed by atoms with van der Waals surface area (Å²) in [7, 11) is 1.66. The third-order valence-electron chi connectivity index (χ3n) is 3.95. The predicted octanol–water partition coefficient (Wildman–Crippen LogP) is 3.17. The van der Waals surface area contributed by atoms with E-state index in [9.17, 15) is 0 Å². The van der Waals surface area contributed by atoms with Gasteiger partial charge < -0.3 is 18.9 Å². The molecule has 0 amide bonds. The van der Waals surface area contributed by atoms with Crippen LogP contribution in [-0.4, -0.2) is 38.6 Å². The van der Waals surface area contributed by atoms with Gasteiger partial charge in [0.25, 0.3) is 0 Å². The number of ether oxygens (including phenoxy) is 4. The molecule has 0 radical (unpaired) electrons. The van der Waals surface area contributed by atoms with Crippen molar-refractivity contribution >= 4 is 15.9 Å². The summed E-state index contributed by atoms with van der Waals surface area (Å²) < 4.78 is 23.7. The minimum Gasteiger partial charge on any atom is -0.497 e. The maximum atomic E-state index is 6.13. The van der Waals surface area contributed by atoms with E-state index in [1.165, 1.54) is 0 Å². The van der Waals surface area contributed by atoms with Gasteiger partial charge in [-0.1, -0.05) is 0 Å². The summed E-state index contributed by atoms with van der Waals surface area (Å²) in [4.78, 5) is 0. The van der Waals surface area contributed by atoms with E-state index in [4.69, 9.17) is 18.9 Å². The average Bonchev–Trinajstić information content (AvgIpc) is 2.89. The number of halogens is 1. The van der Waals surface area contributed by atoms with Crippen LogP contribution in [0.4, 0.5) is 0 Å². The second-order valence-electron chi connectivity index (χ2n) is 5.36. The first-order valence-electron chi connectivity index (χ1n) is 6.93. The van der Waals surface area contributed by atoms with Gasteiger partial charge in [-0.15, -0.1) is 0 Å². The van der Waals surface area contributed by atoms with E-state index in [1.54, 1.807) is 7.11 Å². The zero-order valence-electron chi connectivity index (χ0n) is 11.6. The molecule has 2 aliphatic heterocycles. The Morgan fingerprint density at radius 3 is 2.95 bits per heavy atom. The molecule has 1 aromatic carbocycles. The molecular weight excluding hydrogens is 324 g/mol. The second-order valence-corrected chi connectivity index (χ2v) is 6.22. The molecule has 2 atom stereocenters. The fourth-order valence-electron chi connectivity index (χ4n) is 2.83. The van der Waals surface area contributed by atoms with Gasteiger partial charge in [0.05, 0.1) is 30.4 Å². The molecule has 110 valence electrons. The standard InChI is InChI=1S/C15H19BrO4/c1-17-11-2-3-14(13(16)8-11)20-12-4-6-19-15(9-12)5-7-18-10-15/h2-3,8,12H,4-7,9-10H2,1H3. The smallest absolute Gasteiger partial charge is 0.134 e. The van der Waals surface area contributed by atoms with E-state index in [1.807, 2.05) is 18.2 Å². The summed E-state index contributed by atoms with van der Waals surface area (Å²) in [6.45, 7) is 2.22. The average molecular weight is 343 g/mol. The summed E-state index contributed by atoms with van der Waals surface area (Å²) >= 11 is 3.53. The van der Waals surface area contributed by atoms with Crippen molar-refractivity contribution in [3.63, 3.8) is 0 Å². The summed E-state index contributed by atoms with van der Waals surface area (Å²) in [5.41, 5.74) is -0.123. The minimum absolute atomic E-state index is 0.123. The van der Waals surface area contributed by atoms with Crippen molar-refractivity contribution in [2.24, 2.45) is 0 Å². The van der Waals surface area contributed by atoms with Crippen LogP contribution in [0.1, 0.15) is 19.3 Å². The maximum absolute atomic E-state index is 6.13. The van der Waals surface area contributed by atoms with E-state index in [0.29, 0.717) is 6.61 Å². The van der Waals surface area contributed by atoms with Gasteiger partial charge in [-0.3, -0.25) is 0 Å². The second kappa shape index (κ2) is 5.92. The van der Waals surface area contributed by atoms with Crippen molar-refractivity contribution in [1.29, 1.82) is 0 Å². The third kappa shape index (κ3) is 2.95. The highest BCUT2D eigenvalue weighted by molar-refractivity contribution is 9.10. The van der Waals surface area contributed by atoms with Crippen molar-refractivity contribution < 1.29 is 18.9 Å². The van der Waals surface area contributed by atoms with Crippen LogP contribution in [0.3, 0.4) is 0 Å². The molecular formula is C15H19BrO4. The first-order chi connectivity index (χ1) is 9.71. The highest BCUT2D eigenvalue weighted by Gasteiger charge is 2.41. The first-order valence-corrected chi connectivity index (χ1v) is 7.72. The Hall–Kier alpha value is -0.780. The van der Waals surface area contributed by atoms with Gasteiger partial charge in [0.2, 0.25) is 0 Å². The van der Waals surface area contributed by atoms with Crippen molar-refractivity contribution in [3.8, 4) is 11.5 Å². The molecule has 20 heavy (non-hydrogen) atoms. The molecule has 1 aromatic rings. The van der Waals surface area contributed by atoms with E-state index in [0.717, 1.165) is 48.4 Å². The third-order valence-corrected chi connectivity index (χ3v) is 4.57. The minimum atomic E-state index is -0.123. The SMILES string of the molecule is COc1ccc(OC2CCOC3(CCOC3)C2)c(Br)c1. The van der Waals surface area contributed by atoms with Crippen LogP contribution < -0.4 is 9.47 Å². The Labute approximate surface area is 127 Å². The van der Waals surface area contributed by atoms with E-state index < -0.39 is 0 Å². The molecule has 0 N–H and O–H groups in total. The van der Waals surface area contributed by atoms with Crippen LogP contribution in [0.2, 0.25) is 0 Å². The number of hydrogen-bond acceptors (Lipinski definition) is 4.